The van der Waals surface area contributed by atoms with Crippen molar-refractivity contribution in [2.75, 3.05) is 0 Å². The van der Waals surface area contributed by atoms with Gasteiger partial charge in [0.05, 0.1) is 0 Å². The van der Waals surface area contributed by atoms with Crippen molar-refractivity contribution in [3.63, 3.8) is 0 Å². The molecule has 0 amide bonds. The first-order valence-electron chi connectivity index (χ1n) is 6.75. The van der Waals surface area contributed by atoms with Crippen LogP contribution in [0.25, 0.3) is 0 Å². The number of hydrogen-bond acceptors (Lipinski definition) is 2. The molecule has 1 nitrogen and oxygen atoms in total. The number of Topliss-reactive ketones (excluding diaryl/α,β-unsaturated/α-hetero) is 1. The average molecular weight is 282 g/mol. The highest BCUT2D eigenvalue weighted by Crippen LogP contribution is 2.16. The molecule has 0 saturated heterocycles. The molecule has 0 aliphatic heterocycles. The van der Waals surface area contributed by atoms with Crippen molar-refractivity contribution in [1.29, 1.82) is 0 Å². The number of thiocarbonyl (C=S) groups is 1. The zero-order valence-corrected chi connectivity index (χ0v) is 12.7. The van der Waals surface area contributed by atoms with E-state index in [4.69, 9.17) is 12.2 Å². The second kappa shape index (κ2) is 6.58. The number of aryl methyl sites for hydroxylation is 3. The molecule has 0 bridgehead atoms. The Morgan fingerprint density at radius 1 is 1.15 bits per heavy atom. The van der Waals surface area contributed by atoms with Gasteiger partial charge in [0, 0.05) is 17.4 Å². The van der Waals surface area contributed by atoms with E-state index in [1.165, 1.54) is 0 Å². The van der Waals surface area contributed by atoms with Crippen LogP contribution in [0.3, 0.4) is 0 Å². The molecule has 0 saturated carbocycles. The third-order valence-electron chi connectivity index (χ3n) is 3.50. The highest BCUT2D eigenvalue weighted by atomic mass is 32.1. The molecule has 0 fully saturated rings. The van der Waals surface area contributed by atoms with E-state index >= 15 is 0 Å². The van der Waals surface area contributed by atoms with Crippen LogP contribution < -0.4 is 0 Å². The number of ketones is 1. The molecule has 0 radical (unpaired) electrons. The van der Waals surface area contributed by atoms with Crippen LogP contribution >= 0.6 is 12.2 Å². The lowest BCUT2D eigenvalue weighted by atomic mass is 9.96. The Balaban J connectivity index is 2.12. The van der Waals surface area contributed by atoms with Crippen LogP contribution in [-0.4, -0.2) is 11.2 Å². The van der Waals surface area contributed by atoms with E-state index in [9.17, 15) is 4.79 Å². The maximum atomic E-state index is 12.4. The summed E-state index contributed by atoms with van der Waals surface area (Å²) in [6.45, 7) is 4.00. The van der Waals surface area contributed by atoms with Crippen LogP contribution in [-0.2, 0) is 6.42 Å². The van der Waals surface area contributed by atoms with E-state index in [0.717, 1.165) is 34.2 Å². The molecule has 0 N–H and O–H groups in total. The molecule has 0 unspecified atom stereocenters. The molecule has 2 aromatic rings. The molecule has 0 aliphatic rings. The van der Waals surface area contributed by atoms with E-state index in [2.05, 4.69) is 0 Å². The Kier molecular flexibility index (Phi) is 4.80. The minimum absolute atomic E-state index is 0.199. The van der Waals surface area contributed by atoms with Crippen molar-refractivity contribution in [1.82, 2.24) is 0 Å². The van der Waals surface area contributed by atoms with Gasteiger partial charge in [-0.3, -0.25) is 4.79 Å². The second-order valence-electron chi connectivity index (χ2n) is 5.06. The van der Waals surface area contributed by atoms with Gasteiger partial charge in [-0.15, -0.1) is 0 Å². The summed E-state index contributed by atoms with van der Waals surface area (Å²) in [5.74, 6) is 0.199. The molecule has 0 aliphatic carbocycles. The predicted octanol–water partition coefficient (Wildman–Crippen LogP) is 4.47. The van der Waals surface area contributed by atoms with E-state index in [0.29, 0.717) is 6.42 Å². The normalized spacial score (nSPS) is 10.3. The van der Waals surface area contributed by atoms with Gasteiger partial charge in [0.15, 0.2) is 5.78 Å². The molecule has 2 rings (SSSR count). The molecule has 0 aromatic heterocycles. The van der Waals surface area contributed by atoms with Gasteiger partial charge in [-0.1, -0.05) is 54.2 Å². The number of hydrogen-bond donors (Lipinski definition) is 0. The largest absolute Gasteiger partial charge is 0.294 e. The molecular weight excluding hydrogens is 264 g/mol. The Morgan fingerprint density at radius 3 is 2.65 bits per heavy atom. The summed E-state index contributed by atoms with van der Waals surface area (Å²) in [4.78, 5) is 12.4. The second-order valence-corrected chi connectivity index (χ2v) is 5.29. The lowest BCUT2D eigenvalue weighted by molar-refractivity contribution is 0.0982. The first-order valence-corrected chi connectivity index (χ1v) is 7.22. The SMILES string of the molecule is Cc1ccc(C)c(C(=O)CCc2ccccc2C=S)c1. The van der Waals surface area contributed by atoms with E-state index < -0.39 is 0 Å². The number of carbonyl (C=O) groups excluding carboxylic acids is 1. The smallest absolute Gasteiger partial charge is 0.163 e. The van der Waals surface area contributed by atoms with E-state index in [-0.39, 0.29) is 5.78 Å². The highest BCUT2D eigenvalue weighted by molar-refractivity contribution is 7.79. The van der Waals surface area contributed by atoms with Crippen LogP contribution in [0.2, 0.25) is 0 Å². The molecule has 2 heteroatoms. The van der Waals surface area contributed by atoms with Crippen LogP contribution in [0.5, 0.6) is 0 Å². The molecule has 2 aromatic carbocycles. The van der Waals surface area contributed by atoms with Gasteiger partial charge in [0.1, 0.15) is 0 Å². The van der Waals surface area contributed by atoms with Gasteiger partial charge >= 0.3 is 0 Å². The predicted molar refractivity (Wildman–Crippen MR) is 87.8 cm³/mol. The molecule has 102 valence electrons. The minimum Gasteiger partial charge on any atom is -0.294 e. The van der Waals surface area contributed by atoms with Crippen molar-refractivity contribution in [2.24, 2.45) is 0 Å². The summed E-state index contributed by atoms with van der Waals surface area (Å²) < 4.78 is 0. The maximum Gasteiger partial charge on any atom is 0.163 e. The van der Waals surface area contributed by atoms with Gasteiger partial charge in [-0.2, -0.15) is 0 Å². The molecule has 0 atom stereocenters. The minimum atomic E-state index is 0.199. The average Bonchev–Trinajstić information content (AvgIpc) is 2.47. The number of carbonyl (C=O) groups is 1. The Bertz CT molecular complexity index is 644. The standard InChI is InChI=1S/C18H18OS/c1-13-7-8-14(2)17(11-13)18(19)10-9-15-5-3-4-6-16(15)12-20/h3-8,11-12H,9-10H2,1-2H3. The Hall–Kier alpha value is -1.80. The lowest BCUT2D eigenvalue weighted by Gasteiger charge is -2.08. The monoisotopic (exact) mass is 282 g/mol. The molecule has 20 heavy (non-hydrogen) atoms. The fourth-order valence-corrected chi connectivity index (χ4v) is 2.53. The first kappa shape index (κ1) is 14.6. The van der Waals surface area contributed by atoms with Gasteiger partial charge in [0.2, 0.25) is 0 Å². The van der Waals surface area contributed by atoms with Gasteiger partial charge in [-0.25, -0.2) is 0 Å². The first-order chi connectivity index (χ1) is 9.61. The van der Waals surface area contributed by atoms with E-state index in [1.54, 1.807) is 5.37 Å². The summed E-state index contributed by atoms with van der Waals surface area (Å²) in [6.07, 6.45) is 1.25. The number of rotatable bonds is 5. The molecular formula is C18H18OS. The maximum absolute atomic E-state index is 12.4. The summed E-state index contributed by atoms with van der Waals surface area (Å²) in [6, 6.07) is 14.0. The fraction of sp³-hybridized carbons (Fsp3) is 0.222. The van der Waals surface area contributed by atoms with Crippen LogP contribution in [0.15, 0.2) is 42.5 Å². The highest BCUT2D eigenvalue weighted by Gasteiger charge is 2.10. The van der Waals surface area contributed by atoms with Crippen LogP contribution in [0.4, 0.5) is 0 Å². The quantitative estimate of drug-likeness (QED) is 0.594. The zero-order valence-electron chi connectivity index (χ0n) is 11.8. The lowest BCUT2D eigenvalue weighted by Crippen LogP contribution is -2.05. The fourth-order valence-electron chi connectivity index (χ4n) is 2.30. The van der Waals surface area contributed by atoms with Gasteiger partial charge in [-0.05, 0) is 43.0 Å². The summed E-state index contributed by atoms with van der Waals surface area (Å²) in [5, 5.41) is 1.68. The van der Waals surface area contributed by atoms with Crippen molar-refractivity contribution >= 4 is 23.4 Å². The van der Waals surface area contributed by atoms with Crippen LogP contribution in [0, 0.1) is 13.8 Å². The van der Waals surface area contributed by atoms with Crippen molar-refractivity contribution in [3.05, 3.63) is 70.3 Å². The Labute approximate surface area is 125 Å². The summed E-state index contributed by atoms with van der Waals surface area (Å²) in [5.41, 5.74) is 5.18. The molecule has 0 heterocycles. The van der Waals surface area contributed by atoms with E-state index in [1.807, 2.05) is 56.3 Å². The Morgan fingerprint density at radius 2 is 1.90 bits per heavy atom. The number of benzene rings is 2. The topological polar surface area (TPSA) is 17.1 Å². The van der Waals surface area contributed by atoms with Crippen molar-refractivity contribution in [3.8, 4) is 0 Å². The van der Waals surface area contributed by atoms with Gasteiger partial charge < -0.3 is 0 Å². The molecule has 0 spiro atoms. The summed E-state index contributed by atoms with van der Waals surface area (Å²) in [7, 11) is 0. The van der Waals surface area contributed by atoms with Crippen molar-refractivity contribution < 1.29 is 4.79 Å². The zero-order chi connectivity index (χ0) is 14.5. The third-order valence-corrected chi connectivity index (χ3v) is 3.75. The van der Waals surface area contributed by atoms with Gasteiger partial charge in [0.25, 0.3) is 0 Å². The third kappa shape index (κ3) is 3.40. The van der Waals surface area contributed by atoms with Crippen LogP contribution in [0.1, 0.15) is 39.0 Å². The van der Waals surface area contributed by atoms with Crippen molar-refractivity contribution in [2.45, 2.75) is 26.7 Å². The summed E-state index contributed by atoms with van der Waals surface area (Å²) >= 11 is 5.01.